The third kappa shape index (κ3) is 2.72. The summed E-state index contributed by atoms with van der Waals surface area (Å²) >= 11 is 0. The van der Waals surface area contributed by atoms with E-state index in [1.807, 2.05) is 6.92 Å². The van der Waals surface area contributed by atoms with Gasteiger partial charge in [-0.2, -0.15) is 0 Å². The van der Waals surface area contributed by atoms with Crippen LogP contribution in [0.2, 0.25) is 0 Å². The lowest BCUT2D eigenvalue weighted by atomic mass is 10.0. The maximum Gasteiger partial charge on any atom is 0.254 e. The summed E-state index contributed by atoms with van der Waals surface area (Å²) in [4.78, 5) is 14.2. The highest BCUT2D eigenvalue weighted by molar-refractivity contribution is 5.96. The molecule has 5 heteroatoms. The van der Waals surface area contributed by atoms with Crippen LogP contribution in [0, 0.1) is 6.92 Å². The van der Waals surface area contributed by atoms with Gasteiger partial charge in [-0.05, 0) is 26.0 Å². The highest BCUT2D eigenvalue weighted by Gasteiger charge is 2.30. The van der Waals surface area contributed by atoms with Gasteiger partial charge in [0, 0.05) is 17.7 Å². The Bertz CT molecular complexity index is 475. The summed E-state index contributed by atoms with van der Waals surface area (Å²) in [6.45, 7) is 4.30. The van der Waals surface area contributed by atoms with E-state index in [-0.39, 0.29) is 30.4 Å². The van der Waals surface area contributed by atoms with Gasteiger partial charge < -0.3 is 19.8 Å². The number of carbonyl (C=O) groups excluding carboxylic acids is 1. The fourth-order valence-electron chi connectivity index (χ4n) is 2.22. The molecular formula is C14H19NO4. The molecule has 0 radical (unpaired) electrons. The molecule has 2 rings (SSSR count). The molecule has 2 N–H and O–H groups in total. The second kappa shape index (κ2) is 5.59. The van der Waals surface area contributed by atoms with Gasteiger partial charge in [0.25, 0.3) is 5.91 Å². The number of aromatic hydroxyl groups is 1. The monoisotopic (exact) mass is 265 g/mol. The number of phenols is 1. The number of phenolic OH excluding ortho intramolecular Hbond substituents is 1. The lowest BCUT2D eigenvalue weighted by molar-refractivity contribution is -0.0667. The molecule has 2 atom stereocenters. The zero-order valence-corrected chi connectivity index (χ0v) is 11.2. The van der Waals surface area contributed by atoms with E-state index in [2.05, 4.69) is 0 Å². The average molecular weight is 265 g/mol. The van der Waals surface area contributed by atoms with Crippen molar-refractivity contribution in [2.75, 3.05) is 19.8 Å². The number of morpholine rings is 1. The first kappa shape index (κ1) is 13.8. The molecule has 1 aromatic carbocycles. The van der Waals surface area contributed by atoms with E-state index < -0.39 is 0 Å². The van der Waals surface area contributed by atoms with E-state index in [0.29, 0.717) is 24.3 Å². The van der Waals surface area contributed by atoms with Crippen molar-refractivity contribution in [3.8, 4) is 5.75 Å². The summed E-state index contributed by atoms with van der Waals surface area (Å²) in [5.74, 6) is -0.0203. The van der Waals surface area contributed by atoms with Crippen LogP contribution in [-0.2, 0) is 4.74 Å². The van der Waals surface area contributed by atoms with Crippen molar-refractivity contribution >= 4 is 5.91 Å². The number of hydrogen-bond acceptors (Lipinski definition) is 4. The van der Waals surface area contributed by atoms with Gasteiger partial charge in [-0.3, -0.25) is 4.79 Å². The van der Waals surface area contributed by atoms with E-state index in [1.54, 1.807) is 30.0 Å². The third-order valence-corrected chi connectivity index (χ3v) is 3.51. The van der Waals surface area contributed by atoms with Gasteiger partial charge in [0.05, 0.1) is 25.4 Å². The number of carbonyl (C=O) groups is 1. The first-order chi connectivity index (χ1) is 9.04. The van der Waals surface area contributed by atoms with Crippen LogP contribution in [0.3, 0.4) is 0 Å². The zero-order chi connectivity index (χ0) is 14.0. The summed E-state index contributed by atoms with van der Waals surface area (Å²) in [6, 6.07) is 4.88. The fourth-order valence-corrected chi connectivity index (χ4v) is 2.22. The molecule has 5 nitrogen and oxygen atoms in total. The first-order valence-electron chi connectivity index (χ1n) is 6.36. The topological polar surface area (TPSA) is 70.0 Å². The molecule has 0 bridgehead atoms. The van der Waals surface area contributed by atoms with Gasteiger partial charge in [-0.1, -0.05) is 6.07 Å². The smallest absolute Gasteiger partial charge is 0.254 e. The van der Waals surface area contributed by atoms with Gasteiger partial charge in [0.15, 0.2) is 0 Å². The molecular weight excluding hydrogens is 246 g/mol. The van der Waals surface area contributed by atoms with Crippen LogP contribution in [0.4, 0.5) is 0 Å². The number of benzene rings is 1. The predicted molar refractivity (Wildman–Crippen MR) is 70.2 cm³/mol. The Kier molecular flexibility index (Phi) is 4.07. The van der Waals surface area contributed by atoms with Crippen LogP contribution in [0.5, 0.6) is 5.75 Å². The summed E-state index contributed by atoms with van der Waals surface area (Å²) < 4.78 is 5.42. The molecule has 1 aromatic rings. The SMILES string of the molecule is Cc1c(O)cccc1C(=O)N1CC(CO)OCC1C. The van der Waals surface area contributed by atoms with Crippen LogP contribution in [-0.4, -0.2) is 52.9 Å². The van der Waals surface area contributed by atoms with Crippen LogP contribution in [0.15, 0.2) is 18.2 Å². The standard InChI is InChI=1S/C14H19NO4/c1-9-8-19-11(7-16)6-15(9)14(18)12-4-3-5-13(17)10(12)2/h3-5,9,11,16-17H,6-8H2,1-2H3. The normalized spacial score (nSPS) is 23.4. The maximum absolute atomic E-state index is 12.5. The van der Waals surface area contributed by atoms with E-state index in [0.717, 1.165) is 0 Å². The second-order valence-electron chi connectivity index (χ2n) is 4.89. The van der Waals surface area contributed by atoms with Crippen molar-refractivity contribution in [3.05, 3.63) is 29.3 Å². The molecule has 1 aliphatic heterocycles. The summed E-state index contributed by atoms with van der Waals surface area (Å²) in [5.41, 5.74) is 1.07. The van der Waals surface area contributed by atoms with E-state index in [4.69, 9.17) is 9.84 Å². The van der Waals surface area contributed by atoms with E-state index >= 15 is 0 Å². The minimum absolute atomic E-state index is 0.0444. The molecule has 2 unspecified atom stereocenters. The van der Waals surface area contributed by atoms with Crippen molar-refractivity contribution < 1.29 is 19.7 Å². The molecule has 0 aliphatic carbocycles. The molecule has 19 heavy (non-hydrogen) atoms. The van der Waals surface area contributed by atoms with Crippen LogP contribution >= 0.6 is 0 Å². The molecule has 1 amide bonds. The number of ether oxygens (including phenoxy) is 1. The predicted octanol–water partition coefficient (Wildman–Crippen LogP) is 0.922. The Balaban J connectivity index is 2.24. The van der Waals surface area contributed by atoms with Gasteiger partial charge in [-0.15, -0.1) is 0 Å². The van der Waals surface area contributed by atoms with E-state index in [1.165, 1.54) is 0 Å². The number of rotatable bonds is 2. The van der Waals surface area contributed by atoms with Gasteiger partial charge >= 0.3 is 0 Å². The lowest BCUT2D eigenvalue weighted by Gasteiger charge is -2.37. The van der Waals surface area contributed by atoms with Crippen molar-refractivity contribution in [2.45, 2.75) is 26.0 Å². The van der Waals surface area contributed by atoms with Crippen LogP contribution in [0.1, 0.15) is 22.8 Å². The summed E-state index contributed by atoms with van der Waals surface area (Å²) in [5, 5.41) is 18.8. The van der Waals surface area contributed by atoms with Crippen molar-refractivity contribution in [1.82, 2.24) is 4.90 Å². The molecule has 1 aliphatic rings. The Morgan fingerprint density at radius 3 is 2.95 bits per heavy atom. The van der Waals surface area contributed by atoms with Crippen LogP contribution in [0.25, 0.3) is 0 Å². The molecule has 0 aromatic heterocycles. The van der Waals surface area contributed by atoms with Gasteiger partial charge in [0.2, 0.25) is 0 Å². The minimum atomic E-state index is -0.335. The first-order valence-corrected chi connectivity index (χ1v) is 6.36. The second-order valence-corrected chi connectivity index (χ2v) is 4.89. The number of nitrogens with zero attached hydrogens (tertiary/aromatic N) is 1. The summed E-state index contributed by atoms with van der Waals surface area (Å²) in [7, 11) is 0. The Morgan fingerprint density at radius 1 is 1.53 bits per heavy atom. The molecule has 0 spiro atoms. The quantitative estimate of drug-likeness (QED) is 0.834. The van der Waals surface area contributed by atoms with Crippen molar-refractivity contribution in [1.29, 1.82) is 0 Å². The molecule has 0 saturated carbocycles. The summed E-state index contributed by atoms with van der Waals surface area (Å²) in [6.07, 6.45) is -0.335. The molecule has 104 valence electrons. The minimum Gasteiger partial charge on any atom is -0.508 e. The number of amides is 1. The number of aliphatic hydroxyl groups excluding tert-OH is 1. The molecule has 1 heterocycles. The highest BCUT2D eigenvalue weighted by atomic mass is 16.5. The number of hydrogen-bond donors (Lipinski definition) is 2. The van der Waals surface area contributed by atoms with Crippen LogP contribution < -0.4 is 0 Å². The molecule has 1 fully saturated rings. The van der Waals surface area contributed by atoms with Crippen molar-refractivity contribution in [2.24, 2.45) is 0 Å². The van der Waals surface area contributed by atoms with Gasteiger partial charge in [-0.25, -0.2) is 0 Å². The third-order valence-electron chi connectivity index (χ3n) is 3.51. The Hall–Kier alpha value is -1.59. The Labute approximate surface area is 112 Å². The lowest BCUT2D eigenvalue weighted by Crippen LogP contribution is -2.52. The maximum atomic E-state index is 12.5. The van der Waals surface area contributed by atoms with Crippen molar-refractivity contribution in [3.63, 3.8) is 0 Å². The largest absolute Gasteiger partial charge is 0.508 e. The zero-order valence-electron chi connectivity index (χ0n) is 11.2. The average Bonchev–Trinajstić information content (AvgIpc) is 2.42. The fraction of sp³-hybridized carbons (Fsp3) is 0.500. The number of aliphatic hydroxyl groups is 1. The highest BCUT2D eigenvalue weighted by Crippen LogP contribution is 2.23. The Morgan fingerprint density at radius 2 is 2.26 bits per heavy atom. The molecule has 1 saturated heterocycles. The van der Waals surface area contributed by atoms with E-state index in [9.17, 15) is 9.90 Å². The van der Waals surface area contributed by atoms with Gasteiger partial charge in [0.1, 0.15) is 5.75 Å².